The van der Waals surface area contributed by atoms with Crippen LogP contribution in [0.25, 0.3) is 0 Å². The summed E-state index contributed by atoms with van der Waals surface area (Å²) < 4.78 is 0. The van der Waals surface area contributed by atoms with Gasteiger partial charge in [0.1, 0.15) is 0 Å². The third-order valence-corrected chi connectivity index (χ3v) is 0. The standard InChI is InChI=1S/2C2H4O2.3Fe/c2*1-2(3)4;;;/h2*1H3,(H,3,4);;;/q;;3*+3/p-2. The molecule has 11 heavy (non-hydrogen) atoms. The van der Waals surface area contributed by atoms with E-state index in [0.717, 1.165) is 13.8 Å². The third-order valence-electron chi connectivity index (χ3n) is 0. The molecule has 0 atom stereocenters. The Morgan fingerprint density at radius 3 is 0.818 bits per heavy atom. The molecule has 0 aromatic rings. The van der Waals surface area contributed by atoms with Gasteiger partial charge in [0.2, 0.25) is 0 Å². The van der Waals surface area contributed by atoms with Crippen LogP contribution in [0.2, 0.25) is 0 Å². The van der Waals surface area contributed by atoms with Gasteiger partial charge in [-0.15, -0.1) is 0 Å². The summed E-state index contributed by atoms with van der Waals surface area (Å²) in [5.41, 5.74) is 0. The van der Waals surface area contributed by atoms with E-state index in [4.69, 9.17) is 19.8 Å². The molecular formula is C4H6Fe3O4+7. The Balaban J connectivity index is -0.0000000171. The molecule has 0 aliphatic rings. The van der Waals surface area contributed by atoms with Crippen molar-refractivity contribution in [3.05, 3.63) is 0 Å². The van der Waals surface area contributed by atoms with E-state index >= 15 is 0 Å². The minimum absolute atomic E-state index is 0. The summed E-state index contributed by atoms with van der Waals surface area (Å²) in [5.74, 6) is -2.17. The fourth-order valence-corrected chi connectivity index (χ4v) is 0. The van der Waals surface area contributed by atoms with Gasteiger partial charge < -0.3 is 19.8 Å². The molecule has 0 aliphatic carbocycles. The molecule has 0 heterocycles. The summed E-state index contributed by atoms with van der Waals surface area (Å²) in [5, 5.41) is 17.8. The first kappa shape index (κ1) is 30.0. The van der Waals surface area contributed by atoms with Crippen LogP contribution in [-0.4, -0.2) is 11.9 Å². The summed E-state index contributed by atoms with van der Waals surface area (Å²) in [6, 6.07) is 0. The zero-order valence-corrected chi connectivity index (χ0v) is 9.01. The van der Waals surface area contributed by atoms with Crippen molar-refractivity contribution in [2.45, 2.75) is 13.8 Å². The van der Waals surface area contributed by atoms with Crippen LogP contribution in [0.1, 0.15) is 13.8 Å². The molecule has 7 heteroatoms. The van der Waals surface area contributed by atoms with Gasteiger partial charge in [0, 0.05) is 11.9 Å². The first-order chi connectivity index (χ1) is 3.46. The molecular weight excluding hydrogens is 280 g/mol. The monoisotopic (exact) mass is 286 g/mol. The molecule has 0 bridgehead atoms. The van der Waals surface area contributed by atoms with Crippen molar-refractivity contribution in [2.24, 2.45) is 0 Å². The number of hydrogen-bond acceptors (Lipinski definition) is 4. The number of carboxylic acids is 2. The van der Waals surface area contributed by atoms with Crippen LogP contribution in [0.4, 0.5) is 0 Å². The van der Waals surface area contributed by atoms with Crippen LogP contribution in [0, 0.1) is 0 Å². The second-order valence-electron chi connectivity index (χ2n) is 0.983. The molecule has 0 fully saturated rings. The molecule has 0 rings (SSSR count). The molecule has 3 radical (unpaired) electrons. The van der Waals surface area contributed by atoms with E-state index in [2.05, 4.69) is 0 Å². The fourth-order valence-electron chi connectivity index (χ4n) is 0. The summed E-state index contributed by atoms with van der Waals surface area (Å²) in [6.45, 7) is 1.94. The Morgan fingerprint density at radius 2 is 0.818 bits per heavy atom. The number of carboxylic acid groups (broad SMARTS) is 2. The maximum Gasteiger partial charge on any atom is 3.00 e. The van der Waals surface area contributed by atoms with Gasteiger partial charge in [0.25, 0.3) is 0 Å². The molecule has 0 aromatic carbocycles. The Kier molecular flexibility index (Phi) is 61.2. The molecule has 0 spiro atoms. The SMILES string of the molecule is CC(=O)[O-].CC(=O)[O-].[Fe+3].[Fe+3].[Fe+3]. The molecule has 0 unspecified atom stereocenters. The van der Waals surface area contributed by atoms with Crippen molar-refractivity contribution in [1.29, 1.82) is 0 Å². The van der Waals surface area contributed by atoms with Crippen LogP contribution in [0.15, 0.2) is 0 Å². The number of aliphatic carboxylic acids is 2. The van der Waals surface area contributed by atoms with Gasteiger partial charge in [-0.2, -0.15) is 0 Å². The Hall–Kier alpha value is 0.498. The molecule has 0 aliphatic heterocycles. The Morgan fingerprint density at radius 1 is 0.818 bits per heavy atom. The van der Waals surface area contributed by atoms with Crippen molar-refractivity contribution in [3.63, 3.8) is 0 Å². The van der Waals surface area contributed by atoms with Crippen LogP contribution < -0.4 is 10.2 Å². The van der Waals surface area contributed by atoms with E-state index in [1.807, 2.05) is 0 Å². The predicted octanol–water partition coefficient (Wildman–Crippen LogP) is -2.50. The van der Waals surface area contributed by atoms with Crippen molar-refractivity contribution in [2.75, 3.05) is 0 Å². The quantitative estimate of drug-likeness (QED) is 0.461. The summed E-state index contributed by atoms with van der Waals surface area (Å²) in [7, 11) is 0. The van der Waals surface area contributed by atoms with E-state index < -0.39 is 11.9 Å². The Bertz CT molecular complexity index is 75.3. The maximum absolute atomic E-state index is 8.89. The van der Waals surface area contributed by atoms with Crippen LogP contribution in [0.3, 0.4) is 0 Å². The third kappa shape index (κ3) is 3050. The van der Waals surface area contributed by atoms with Crippen molar-refractivity contribution in [3.8, 4) is 0 Å². The maximum atomic E-state index is 8.89. The molecule has 0 saturated carbocycles. The molecule has 0 N–H and O–H groups in total. The van der Waals surface area contributed by atoms with Crippen molar-refractivity contribution in [1.82, 2.24) is 0 Å². The van der Waals surface area contributed by atoms with Gasteiger partial charge in [0.05, 0.1) is 0 Å². The van der Waals surface area contributed by atoms with E-state index in [-0.39, 0.29) is 51.2 Å². The van der Waals surface area contributed by atoms with Crippen LogP contribution in [-0.2, 0) is 60.8 Å². The topological polar surface area (TPSA) is 80.3 Å². The largest absolute Gasteiger partial charge is 3.00 e. The number of carbonyl (C=O) groups excluding carboxylic acids is 2. The van der Waals surface area contributed by atoms with Gasteiger partial charge >= 0.3 is 51.2 Å². The Labute approximate surface area is 96.5 Å². The van der Waals surface area contributed by atoms with E-state index in [0.29, 0.717) is 0 Å². The van der Waals surface area contributed by atoms with Gasteiger partial charge in [-0.1, -0.05) is 0 Å². The average molecular weight is 286 g/mol. The van der Waals surface area contributed by atoms with Crippen molar-refractivity contribution < 1.29 is 71.0 Å². The zero-order chi connectivity index (χ0) is 7.15. The minimum atomic E-state index is -1.08. The normalized spacial score (nSPS) is 4.55. The van der Waals surface area contributed by atoms with Crippen LogP contribution >= 0.6 is 0 Å². The molecule has 0 amide bonds. The average Bonchev–Trinajstić information content (AvgIpc) is 1.25. The predicted molar refractivity (Wildman–Crippen MR) is 21.4 cm³/mol. The number of hydrogen-bond donors (Lipinski definition) is 0. The van der Waals surface area contributed by atoms with Crippen molar-refractivity contribution >= 4 is 11.9 Å². The summed E-state index contributed by atoms with van der Waals surface area (Å²) in [4.78, 5) is 17.8. The van der Waals surface area contributed by atoms with Gasteiger partial charge in [-0.05, 0) is 13.8 Å². The molecule has 0 aromatic heterocycles. The molecule has 4 nitrogen and oxygen atoms in total. The molecule has 63 valence electrons. The van der Waals surface area contributed by atoms with Gasteiger partial charge in [-0.3, -0.25) is 0 Å². The minimum Gasteiger partial charge on any atom is -0.550 e. The summed E-state index contributed by atoms with van der Waals surface area (Å²) >= 11 is 0. The van der Waals surface area contributed by atoms with Gasteiger partial charge in [-0.25, -0.2) is 0 Å². The van der Waals surface area contributed by atoms with E-state index in [1.165, 1.54) is 0 Å². The van der Waals surface area contributed by atoms with E-state index in [9.17, 15) is 0 Å². The second-order valence-corrected chi connectivity index (χ2v) is 0.983. The number of rotatable bonds is 0. The summed E-state index contributed by atoms with van der Waals surface area (Å²) in [6.07, 6.45) is 0. The van der Waals surface area contributed by atoms with E-state index in [1.54, 1.807) is 0 Å². The first-order valence-electron chi connectivity index (χ1n) is 1.82. The zero-order valence-electron chi connectivity index (χ0n) is 5.69. The number of carbonyl (C=O) groups is 2. The van der Waals surface area contributed by atoms with Crippen LogP contribution in [0.5, 0.6) is 0 Å². The van der Waals surface area contributed by atoms with Gasteiger partial charge in [0.15, 0.2) is 0 Å². The first-order valence-corrected chi connectivity index (χ1v) is 1.82. The second kappa shape index (κ2) is 22.4. The smallest absolute Gasteiger partial charge is 0.550 e. The molecule has 0 saturated heterocycles. The fraction of sp³-hybridized carbons (Fsp3) is 0.500.